The molecule has 9 heteroatoms. The van der Waals surface area contributed by atoms with Crippen molar-refractivity contribution >= 4 is 11.7 Å². The van der Waals surface area contributed by atoms with Crippen molar-refractivity contribution in [3.8, 4) is 17.2 Å². The van der Waals surface area contributed by atoms with E-state index in [1.165, 1.54) is 38.4 Å². The lowest BCUT2D eigenvalue weighted by Gasteiger charge is -2.32. The van der Waals surface area contributed by atoms with Crippen LogP contribution in [-0.2, 0) is 0 Å². The summed E-state index contributed by atoms with van der Waals surface area (Å²) in [6.07, 6.45) is 0.347. The Hall–Kier alpha value is -2.84. The number of nitrogens with one attached hydrogen (secondary N) is 1. The topological polar surface area (TPSA) is 69.5 Å². The van der Waals surface area contributed by atoms with Gasteiger partial charge in [0.1, 0.15) is 5.82 Å². The van der Waals surface area contributed by atoms with Crippen LogP contribution in [0.2, 0.25) is 0 Å². The first-order valence-electron chi connectivity index (χ1n) is 10.2. The van der Waals surface area contributed by atoms with Crippen molar-refractivity contribution in [3.05, 3.63) is 53.3 Å². The third-order valence-corrected chi connectivity index (χ3v) is 5.52. The molecule has 1 saturated heterocycles. The number of rotatable bonds is 8. The summed E-state index contributed by atoms with van der Waals surface area (Å²) in [4.78, 5) is 28.3. The average molecular weight is 467 g/mol. The zero-order valence-corrected chi connectivity index (χ0v) is 19.2. The fraction of sp³-hybridized carbons (Fsp3) is 0.391. The number of benzene rings is 2. The number of ketones is 1. The van der Waals surface area contributed by atoms with Gasteiger partial charge in [-0.25, -0.2) is 4.39 Å². The van der Waals surface area contributed by atoms with Gasteiger partial charge >= 0.3 is 0 Å². The Labute approximate surface area is 193 Å². The van der Waals surface area contributed by atoms with Crippen molar-refractivity contribution in [1.82, 2.24) is 4.90 Å². The monoisotopic (exact) mass is 466 g/mol. The summed E-state index contributed by atoms with van der Waals surface area (Å²) < 4.78 is 29.3. The van der Waals surface area contributed by atoms with E-state index in [0.29, 0.717) is 54.4 Å². The van der Waals surface area contributed by atoms with E-state index in [1.54, 1.807) is 29.2 Å². The van der Waals surface area contributed by atoms with Crippen LogP contribution in [0, 0.1) is 5.82 Å². The zero-order valence-electron chi connectivity index (χ0n) is 18.5. The number of carbonyl (C=O) groups excluding carboxylic acids is 2. The van der Waals surface area contributed by atoms with Gasteiger partial charge in [0, 0.05) is 11.1 Å². The number of halogens is 2. The smallest absolute Gasteiger partial charge is 0.254 e. The molecule has 0 spiro atoms. The Kier molecular flexibility index (Phi) is 9.28. The third kappa shape index (κ3) is 5.89. The summed E-state index contributed by atoms with van der Waals surface area (Å²) >= 11 is 0. The minimum Gasteiger partial charge on any atom is -1.00 e. The van der Waals surface area contributed by atoms with E-state index in [4.69, 9.17) is 14.2 Å². The molecule has 0 aliphatic carbocycles. The van der Waals surface area contributed by atoms with E-state index in [1.807, 2.05) is 0 Å². The summed E-state index contributed by atoms with van der Waals surface area (Å²) in [5, 5.41) is 0. The second kappa shape index (κ2) is 11.7. The minimum absolute atomic E-state index is 0. The van der Waals surface area contributed by atoms with E-state index < -0.39 is 5.82 Å². The molecule has 1 heterocycles. The Morgan fingerprint density at radius 2 is 1.59 bits per heavy atom. The predicted molar refractivity (Wildman–Crippen MR) is 113 cm³/mol. The molecule has 0 saturated carbocycles. The van der Waals surface area contributed by atoms with E-state index in [0.717, 1.165) is 13.1 Å². The normalized spacial score (nSPS) is 13.8. The minimum atomic E-state index is -0.405. The van der Waals surface area contributed by atoms with Crippen molar-refractivity contribution in [3.63, 3.8) is 0 Å². The molecule has 1 amide bonds. The zero-order chi connectivity index (χ0) is 22.4. The van der Waals surface area contributed by atoms with Gasteiger partial charge in [0.05, 0.1) is 60.5 Å². The van der Waals surface area contributed by atoms with Crippen LogP contribution in [0.3, 0.4) is 0 Å². The quantitative estimate of drug-likeness (QED) is 0.478. The third-order valence-electron chi connectivity index (χ3n) is 5.52. The van der Waals surface area contributed by atoms with Crippen molar-refractivity contribution in [2.45, 2.75) is 6.42 Å². The molecule has 0 bridgehead atoms. The van der Waals surface area contributed by atoms with Crippen molar-refractivity contribution < 1.29 is 45.5 Å². The molecule has 32 heavy (non-hydrogen) atoms. The van der Waals surface area contributed by atoms with Crippen molar-refractivity contribution in [1.29, 1.82) is 0 Å². The summed E-state index contributed by atoms with van der Waals surface area (Å²) in [5.41, 5.74) is 0.870. The maximum Gasteiger partial charge on any atom is 0.254 e. The highest BCUT2D eigenvalue weighted by molar-refractivity contribution is 5.96. The fourth-order valence-electron chi connectivity index (χ4n) is 3.76. The lowest BCUT2D eigenvalue weighted by Crippen LogP contribution is -3.14. The predicted octanol–water partition coefficient (Wildman–Crippen LogP) is -1.53. The van der Waals surface area contributed by atoms with Crippen molar-refractivity contribution in [2.75, 3.05) is 54.1 Å². The van der Waals surface area contributed by atoms with Gasteiger partial charge in [-0.3, -0.25) is 9.59 Å². The Morgan fingerprint density at radius 1 is 0.969 bits per heavy atom. The number of quaternary nitrogens is 1. The van der Waals surface area contributed by atoms with Gasteiger partial charge in [0.25, 0.3) is 5.91 Å². The number of carbonyl (C=O) groups is 2. The van der Waals surface area contributed by atoms with Gasteiger partial charge in [-0.2, -0.15) is 0 Å². The molecule has 0 atom stereocenters. The van der Waals surface area contributed by atoms with Gasteiger partial charge in [-0.15, -0.1) is 0 Å². The second-order valence-corrected chi connectivity index (χ2v) is 7.39. The Bertz CT molecular complexity index is 923. The highest BCUT2D eigenvalue weighted by Gasteiger charge is 2.27. The maximum absolute atomic E-state index is 13.3. The maximum atomic E-state index is 13.3. The molecule has 2 aromatic carbocycles. The summed E-state index contributed by atoms with van der Waals surface area (Å²) in [6.45, 7) is 3.30. The van der Waals surface area contributed by atoms with Crippen LogP contribution >= 0.6 is 0 Å². The lowest BCUT2D eigenvalue weighted by molar-refractivity contribution is -0.903. The number of hydrogen-bond acceptors (Lipinski definition) is 5. The Morgan fingerprint density at radius 3 is 2.12 bits per heavy atom. The number of ether oxygens (including phenoxy) is 3. The highest BCUT2D eigenvalue weighted by Crippen LogP contribution is 2.38. The lowest BCUT2D eigenvalue weighted by atomic mass is 10.1. The molecule has 174 valence electrons. The number of amides is 1. The first kappa shape index (κ1) is 25.4. The molecular formula is C23H28ClFN2O5. The van der Waals surface area contributed by atoms with Crippen LogP contribution in [0.15, 0.2) is 36.4 Å². The fourth-order valence-corrected chi connectivity index (χ4v) is 3.76. The molecule has 3 rings (SSSR count). The average Bonchev–Trinajstić information content (AvgIpc) is 2.81. The molecule has 1 aliphatic rings. The number of methoxy groups -OCH3 is 3. The first-order chi connectivity index (χ1) is 15.0. The van der Waals surface area contributed by atoms with Crippen LogP contribution in [0.4, 0.5) is 4.39 Å². The number of hydrogen-bond donors (Lipinski definition) is 1. The van der Waals surface area contributed by atoms with Crippen LogP contribution in [0.1, 0.15) is 27.1 Å². The van der Waals surface area contributed by atoms with Crippen LogP contribution in [-0.4, -0.2) is 70.6 Å². The number of nitrogens with zero attached hydrogens (tertiary/aromatic N) is 1. The van der Waals surface area contributed by atoms with Gasteiger partial charge in [-0.1, -0.05) is 12.1 Å². The largest absolute Gasteiger partial charge is 1.00 e. The van der Waals surface area contributed by atoms with Gasteiger partial charge in [-0.05, 0) is 24.3 Å². The molecule has 2 aromatic rings. The SMILES string of the molecule is COc1cc(C(=O)N2CC[NH+](CCC(=O)c3cccc(F)c3)CC2)cc(OC)c1OC.[Cl-]. The molecule has 1 aliphatic heterocycles. The molecule has 7 nitrogen and oxygen atoms in total. The molecule has 0 unspecified atom stereocenters. The highest BCUT2D eigenvalue weighted by atomic mass is 35.5. The van der Waals surface area contributed by atoms with Gasteiger partial charge < -0.3 is 36.4 Å². The standard InChI is InChI=1S/C23H27FN2O5.ClH/c1-29-20-14-17(15-21(30-2)22(20)31-3)23(28)26-11-9-25(10-12-26)8-7-19(27)16-5-4-6-18(24)13-16;/h4-6,13-15H,7-12H2,1-3H3;1H. The number of Topliss-reactive ketones (excluding diaryl/α,β-unsaturated/α-hetero) is 1. The summed E-state index contributed by atoms with van der Waals surface area (Å²) in [5.74, 6) is 0.739. The van der Waals surface area contributed by atoms with E-state index in [9.17, 15) is 14.0 Å². The molecule has 0 radical (unpaired) electrons. The van der Waals surface area contributed by atoms with E-state index in [-0.39, 0.29) is 24.1 Å². The molecule has 1 N–H and O–H groups in total. The Balaban J connectivity index is 0.00000363. The molecular weight excluding hydrogens is 439 g/mol. The molecule has 1 fully saturated rings. The van der Waals surface area contributed by atoms with Gasteiger partial charge in [0.15, 0.2) is 17.3 Å². The van der Waals surface area contributed by atoms with Gasteiger partial charge in [0.2, 0.25) is 5.75 Å². The van der Waals surface area contributed by atoms with Crippen LogP contribution < -0.4 is 31.5 Å². The first-order valence-corrected chi connectivity index (χ1v) is 10.2. The van der Waals surface area contributed by atoms with Crippen LogP contribution in [0.5, 0.6) is 17.2 Å². The van der Waals surface area contributed by atoms with Crippen molar-refractivity contribution in [2.24, 2.45) is 0 Å². The second-order valence-electron chi connectivity index (χ2n) is 7.39. The van der Waals surface area contributed by atoms with Crippen LogP contribution in [0.25, 0.3) is 0 Å². The van der Waals surface area contributed by atoms with E-state index >= 15 is 0 Å². The summed E-state index contributed by atoms with van der Waals surface area (Å²) in [7, 11) is 4.54. The summed E-state index contributed by atoms with van der Waals surface area (Å²) in [6, 6.07) is 9.08. The number of piperazine rings is 1. The molecule has 0 aromatic heterocycles. The van der Waals surface area contributed by atoms with E-state index in [2.05, 4.69) is 0 Å².